The van der Waals surface area contributed by atoms with E-state index in [1.54, 1.807) is 29.2 Å². The number of carboxylic acid groups (broad SMARTS) is 1. The van der Waals surface area contributed by atoms with Gasteiger partial charge in [-0.3, -0.25) is 4.79 Å². The fraction of sp³-hybridized carbons (Fsp3) is 0.379. The first-order chi connectivity index (χ1) is 18.2. The number of benzene rings is 2. The highest BCUT2D eigenvalue weighted by atomic mass is 32.2. The lowest BCUT2D eigenvalue weighted by Gasteiger charge is -2.44. The van der Waals surface area contributed by atoms with Gasteiger partial charge in [0.15, 0.2) is 0 Å². The molecule has 2 N–H and O–H groups in total. The van der Waals surface area contributed by atoms with Crippen LogP contribution in [0.1, 0.15) is 60.2 Å². The molecule has 38 heavy (non-hydrogen) atoms. The second-order valence-corrected chi connectivity index (χ2v) is 13.1. The Morgan fingerprint density at radius 3 is 2.37 bits per heavy atom. The largest absolute Gasteiger partial charge is 0.477 e. The molecule has 0 bridgehead atoms. The molecule has 200 valence electrons. The maximum absolute atomic E-state index is 13.7. The Balaban J connectivity index is 1.49. The van der Waals surface area contributed by atoms with E-state index in [4.69, 9.17) is 0 Å². The zero-order valence-electron chi connectivity index (χ0n) is 21.3. The lowest BCUT2D eigenvalue weighted by atomic mass is 9.78. The van der Waals surface area contributed by atoms with Crippen molar-refractivity contribution in [2.45, 2.75) is 68.8 Å². The molecule has 0 radical (unpaired) electrons. The standard InChI is InChI=1S/C29H32N2O5S2/c1-19-12-14-23(15-13-19)38(35,36)30-22-16-24(20-8-4-2-5-9-20)31(27(32)17-22)25-18-26(37-28(25)29(33)34)21-10-6-3-7-11-21/h3,6-7,10-15,18,20,22,24,30H,2,4-5,8-9,16-17H2,1H3,(H,33,34)/t22-,24+/m1/s1. The zero-order valence-corrected chi connectivity index (χ0v) is 22.9. The molecule has 7 nitrogen and oxygen atoms in total. The molecule has 2 aliphatic rings. The molecule has 0 spiro atoms. The molecule has 3 aromatic rings. The summed E-state index contributed by atoms with van der Waals surface area (Å²) in [7, 11) is -3.80. The number of sulfonamides is 1. The smallest absolute Gasteiger partial charge is 0.348 e. The van der Waals surface area contributed by atoms with Crippen molar-refractivity contribution < 1.29 is 23.1 Å². The summed E-state index contributed by atoms with van der Waals surface area (Å²) in [5.41, 5.74) is 2.28. The number of nitrogens with zero attached hydrogens (tertiary/aromatic N) is 1. The average molecular weight is 553 g/mol. The van der Waals surface area contributed by atoms with Gasteiger partial charge in [-0.1, -0.05) is 67.3 Å². The molecule has 1 aromatic heterocycles. The molecule has 2 aromatic carbocycles. The summed E-state index contributed by atoms with van der Waals surface area (Å²) >= 11 is 1.17. The number of aryl methyl sites for hydroxylation is 1. The Morgan fingerprint density at radius 1 is 1.03 bits per heavy atom. The maximum atomic E-state index is 13.7. The molecule has 5 rings (SSSR count). The molecule has 2 fully saturated rings. The van der Waals surface area contributed by atoms with Crippen molar-refractivity contribution in [1.29, 1.82) is 0 Å². The van der Waals surface area contributed by atoms with Crippen LogP contribution in [0.4, 0.5) is 5.69 Å². The third-order valence-electron chi connectivity index (χ3n) is 7.62. The first kappa shape index (κ1) is 26.6. The van der Waals surface area contributed by atoms with Gasteiger partial charge in [0.05, 0.1) is 10.6 Å². The first-order valence-corrected chi connectivity index (χ1v) is 15.4. The molecule has 2 atom stereocenters. The minimum absolute atomic E-state index is 0.0239. The summed E-state index contributed by atoms with van der Waals surface area (Å²) in [6.45, 7) is 1.89. The van der Waals surface area contributed by atoms with Crippen molar-refractivity contribution >= 4 is 38.9 Å². The molecule has 1 saturated carbocycles. The molecular formula is C29H32N2O5S2. The van der Waals surface area contributed by atoms with Crippen molar-refractivity contribution in [3.63, 3.8) is 0 Å². The summed E-state index contributed by atoms with van der Waals surface area (Å²) in [6, 6.07) is 17.2. The van der Waals surface area contributed by atoms with E-state index in [-0.39, 0.29) is 34.1 Å². The lowest BCUT2D eigenvalue weighted by molar-refractivity contribution is -0.121. The van der Waals surface area contributed by atoms with Crippen LogP contribution in [0.5, 0.6) is 0 Å². The van der Waals surface area contributed by atoms with Gasteiger partial charge in [0, 0.05) is 23.4 Å². The summed E-state index contributed by atoms with van der Waals surface area (Å²) < 4.78 is 29.1. The first-order valence-electron chi connectivity index (χ1n) is 13.1. The molecule has 1 aliphatic heterocycles. The van der Waals surface area contributed by atoms with E-state index in [1.165, 1.54) is 11.3 Å². The second-order valence-electron chi connectivity index (χ2n) is 10.3. The highest BCUT2D eigenvalue weighted by molar-refractivity contribution is 7.89. The number of hydrogen-bond donors (Lipinski definition) is 2. The van der Waals surface area contributed by atoms with Crippen molar-refractivity contribution in [3.05, 3.63) is 71.1 Å². The van der Waals surface area contributed by atoms with Gasteiger partial charge < -0.3 is 10.0 Å². The topological polar surface area (TPSA) is 104 Å². The molecule has 1 saturated heterocycles. The molecule has 2 heterocycles. The van der Waals surface area contributed by atoms with Gasteiger partial charge >= 0.3 is 5.97 Å². The van der Waals surface area contributed by atoms with Crippen LogP contribution in [0.25, 0.3) is 10.4 Å². The van der Waals surface area contributed by atoms with Crippen LogP contribution in [0, 0.1) is 12.8 Å². The number of hydrogen-bond acceptors (Lipinski definition) is 5. The van der Waals surface area contributed by atoms with E-state index in [0.29, 0.717) is 12.1 Å². The normalized spacial score (nSPS) is 21.0. The zero-order chi connectivity index (χ0) is 26.9. The van der Waals surface area contributed by atoms with Gasteiger partial charge in [-0.15, -0.1) is 11.3 Å². The van der Waals surface area contributed by atoms with Crippen LogP contribution in [-0.4, -0.2) is 37.5 Å². The summed E-state index contributed by atoms with van der Waals surface area (Å²) in [5, 5.41) is 10.1. The number of carbonyl (C=O) groups is 2. The van der Waals surface area contributed by atoms with Crippen LogP contribution in [0.2, 0.25) is 0 Å². The predicted octanol–water partition coefficient (Wildman–Crippen LogP) is 5.84. The van der Waals surface area contributed by atoms with E-state index in [1.807, 2.05) is 43.3 Å². The number of carboxylic acids is 1. The summed E-state index contributed by atoms with van der Waals surface area (Å²) in [4.78, 5) is 28.8. The quantitative estimate of drug-likeness (QED) is 0.383. The number of amides is 1. The minimum atomic E-state index is -3.80. The maximum Gasteiger partial charge on any atom is 0.348 e. The SMILES string of the molecule is Cc1ccc(S(=O)(=O)N[C@H]2CC(=O)N(c3cc(-c4ccccc4)sc3C(=O)O)[C@H](C3CCCCC3)C2)cc1. The molecule has 9 heteroatoms. The summed E-state index contributed by atoms with van der Waals surface area (Å²) in [6.07, 6.45) is 5.52. The summed E-state index contributed by atoms with van der Waals surface area (Å²) in [5.74, 6) is -1.13. The number of aromatic carboxylic acids is 1. The van der Waals surface area contributed by atoms with Crippen LogP contribution in [0.3, 0.4) is 0 Å². The number of rotatable bonds is 7. The third kappa shape index (κ3) is 5.55. The van der Waals surface area contributed by atoms with E-state index in [2.05, 4.69) is 4.72 Å². The minimum Gasteiger partial charge on any atom is -0.477 e. The van der Waals surface area contributed by atoms with Crippen molar-refractivity contribution in [2.75, 3.05) is 4.90 Å². The Morgan fingerprint density at radius 2 is 1.71 bits per heavy atom. The van der Waals surface area contributed by atoms with Crippen molar-refractivity contribution in [3.8, 4) is 10.4 Å². The number of piperidine rings is 1. The fourth-order valence-electron chi connectivity index (χ4n) is 5.76. The van der Waals surface area contributed by atoms with Gasteiger partial charge in [0.2, 0.25) is 15.9 Å². The van der Waals surface area contributed by atoms with Gasteiger partial charge in [0.25, 0.3) is 0 Å². The third-order valence-corrected chi connectivity index (χ3v) is 10.3. The highest BCUT2D eigenvalue weighted by Crippen LogP contribution is 2.43. The number of carbonyl (C=O) groups excluding carboxylic acids is 1. The van der Waals surface area contributed by atoms with Crippen LogP contribution >= 0.6 is 11.3 Å². The van der Waals surface area contributed by atoms with Crippen LogP contribution in [-0.2, 0) is 14.8 Å². The van der Waals surface area contributed by atoms with Crippen molar-refractivity contribution in [1.82, 2.24) is 4.72 Å². The predicted molar refractivity (Wildman–Crippen MR) is 149 cm³/mol. The van der Waals surface area contributed by atoms with E-state index in [9.17, 15) is 23.1 Å². The van der Waals surface area contributed by atoms with Crippen LogP contribution in [0.15, 0.2) is 65.6 Å². The Labute approximate surface area is 227 Å². The van der Waals surface area contributed by atoms with E-state index in [0.717, 1.165) is 48.1 Å². The molecular weight excluding hydrogens is 520 g/mol. The molecule has 0 unspecified atom stereocenters. The number of anilines is 1. The Bertz CT molecular complexity index is 1410. The Kier molecular flexibility index (Phi) is 7.70. The van der Waals surface area contributed by atoms with Gasteiger partial charge in [0.1, 0.15) is 4.88 Å². The monoisotopic (exact) mass is 552 g/mol. The van der Waals surface area contributed by atoms with Gasteiger partial charge in [-0.05, 0) is 55.9 Å². The van der Waals surface area contributed by atoms with Crippen LogP contribution < -0.4 is 9.62 Å². The lowest BCUT2D eigenvalue weighted by Crippen LogP contribution is -2.56. The Hall–Kier alpha value is -3.01. The van der Waals surface area contributed by atoms with E-state index < -0.39 is 22.0 Å². The highest BCUT2D eigenvalue weighted by Gasteiger charge is 2.42. The number of thiophene rings is 1. The average Bonchev–Trinajstić information content (AvgIpc) is 3.35. The molecule has 1 aliphatic carbocycles. The second kappa shape index (κ2) is 11.0. The molecule has 1 amide bonds. The number of nitrogens with one attached hydrogen (secondary N) is 1. The van der Waals surface area contributed by atoms with Crippen molar-refractivity contribution in [2.24, 2.45) is 5.92 Å². The van der Waals surface area contributed by atoms with E-state index >= 15 is 0 Å². The fourth-order valence-corrected chi connectivity index (χ4v) is 8.00. The van der Waals surface area contributed by atoms with Gasteiger partial charge in [-0.25, -0.2) is 17.9 Å². The van der Waals surface area contributed by atoms with Gasteiger partial charge in [-0.2, -0.15) is 0 Å².